The van der Waals surface area contributed by atoms with E-state index in [1.165, 1.54) is 4.90 Å². The molecule has 1 aromatic carbocycles. The fourth-order valence-corrected chi connectivity index (χ4v) is 3.00. The highest BCUT2D eigenvalue weighted by Gasteiger charge is 2.14. The number of aromatic nitrogens is 2. The third-order valence-electron chi connectivity index (χ3n) is 4.53. The van der Waals surface area contributed by atoms with E-state index in [0.29, 0.717) is 6.54 Å². The van der Waals surface area contributed by atoms with Crippen LogP contribution in [0.4, 0.5) is 10.7 Å². The van der Waals surface area contributed by atoms with E-state index in [4.69, 9.17) is 5.11 Å². The zero-order chi connectivity index (χ0) is 19.9. The number of hydrogen-bond acceptors (Lipinski definition) is 6. The molecule has 0 saturated carbocycles. The first-order valence-electron chi connectivity index (χ1n) is 9.11. The summed E-state index contributed by atoms with van der Waals surface area (Å²) in [4.78, 5) is 35.1. The van der Waals surface area contributed by atoms with Gasteiger partial charge in [-0.2, -0.15) is 0 Å². The van der Waals surface area contributed by atoms with Crippen LogP contribution < -0.4 is 15.5 Å². The number of carbonyl (C=O) groups excluding carboxylic acids is 1. The lowest BCUT2D eigenvalue weighted by molar-refractivity contribution is -0.129. The SMILES string of the molecule is CN(Cc1cccc(-c2cnc(N3CCNCC3)nc2)c1)C(=O)CNC(=O)O. The standard InChI is InChI=1S/C19H24N6O3/c1-24(17(26)12-23-19(27)28)13-14-3-2-4-15(9-14)16-10-21-18(22-11-16)25-7-5-20-6-8-25/h2-4,9-11,20,23H,5-8,12-13H2,1H3,(H,27,28). The molecule has 2 aromatic rings. The van der Waals surface area contributed by atoms with Crippen molar-refractivity contribution >= 4 is 17.9 Å². The Kier molecular flexibility index (Phi) is 6.38. The lowest BCUT2D eigenvalue weighted by Gasteiger charge is -2.27. The van der Waals surface area contributed by atoms with Crippen LogP contribution in [0.1, 0.15) is 5.56 Å². The Morgan fingerprint density at radius 2 is 1.93 bits per heavy atom. The van der Waals surface area contributed by atoms with Crippen molar-refractivity contribution in [2.45, 2.75) is 6.54 Å². The van der Waals surface area contributed by atoms with Crippen molar-refractivity contribution in [3.8, 4) is 11.1 Å². The van der Waals surface area contributed by atoms with Crippen molar-refractivity contribution in [3.63, 3.8) is 0 Å². The second-order valence-corrected chi connectivity index (χ2v) is 6.62. The van der Waals surface area contributed by atoms with E-state index in [0.717, 1.165) is 48.8 Å². The number of hydrogen-bond donors (Lipinski definition) is 3. The van der Waals surface area contributed by atoms with E-state index in [1.807, 2.05) is 36.7 Å². The van der Waals surface area contributed by atoms with Gasteiger partial charge in [0, 0.05) is 57.7 Å². The molecule has 1 aromatic heterocycles. The van der Waals surface area contributed by atoms with E-state index in [1.54, 1.807) is 7.05 Å². The summed E-state index contributed by atoms with van der Waals surface area (Å²) < 4.78 is 0. The summed E-state index contributed by atoms with van der Waals surface area (Å²) in [5, 5.41) is 14.0. The van der Waals surface area contributed by atoms with Gasteiger partial charge in [0.05, 0.1) is 0 Å². The number of likely N-dealkylation sites (N-methyl/N-ethyl adjacent to an activating group) is 1. The van der Waals surface area contributed by atoms with E-state index in [-0.39, 0.29) is 12.5 Å². The lowest BCUT2D eigenvalue weighted by Crippen LogP contribution is -2.44. The number of piperazine rings is 1. The summed E-state index contributed by atoms with van der Waals surface area (Å²) in [5.74, 6) is 0.439. The van der Waals surface area contributed by atoms with Crippen molar-refractivity contribution in [1.29, 1.82) is 0 Å². The molecule has 9 nitrogen and oxygen atoms in total. The van der Waals surface area contributed by atoms with Crippen LogP contribution in [0.15, 0.2) is 36.7 Å². The molecule has 0 unspecified atom stereocenters. The van der Waals surface area contributed by atoms with Gasteiger partial charge in [0.2, 0.25) is 11.9 Å². The van der Waals surface area contributed by atoms with Crippen LogP contribution in [0.5, 0.6) is 0 Å². The molecule has 0 atom stereocenters. The van der Waals surface area contributed by atoms with Crippen molar-refractivity contribution < 1.29 is 14.7 Å². The van der Waals surface area contributed by atoms with Gasteiger partial charge in [-0.25, -0.2) is 14.8 Å². The van der Waals surface area contributed by atoms with Crippen LogP contribution in [0.2, 0.25) is 0 Å². The number of carboxylic acid groups (broad SMARTS) is 1. The summed E-state index contributed by atoms with van der Waals surface area (Å²) in [6.45, 7) is 3.79. The summed E-state index contributed by atoms with van der Waals surface area (Å²) in [6.07, 6.45) is 2.41. The average molecular weight is 384 g/mol. The molecule has 148 valence electrons. The van der Waals surface area contributed by atoms with Gasteiger partial charge in [-0.3, -0.25) is 4.79 Å². The highest BCUT2D eigenvalue weighted by molar-refractivity contribution is 5.81. The third kappa shape index (κ3) is 5.17. The Morgan fingerprint density at radius 3 is 2.61 bits per heavy atom. The predicted molar refractivity (Wildman–Crippen MR) is 105 cm³/mol. The number of amides is 2. The molecule has 0 bridgehead atoms. The lowest BCUT2D eigenvalue weighted by atomic mass is 10.1. The molecular weight excluding hydrogens is 360 g/mol. The number of anilines is 1. The summed E-state index contributed by atoms with van der Waals surface area (Å²) in [5.41, 5.74) is 2.81. The fraction of sp³-hybridized carbons (Fsp3) is 0.368. The molecule has 3 rings (SSSR count). The fourth-order valence-electron chi connectivity index (χ4n) is 3.00. The van der Waals surface area contributed by atoms with Crippen LogP contribution in [-0.2, 0) is 11.3 Å². The van der Waals surface area contributed by atoms with Crippen LogP contribution in [0.25, 0.3) is 11.1 Å². The molecule has 0 spiro atoms. The Hall–Kier alpha value is -3.20. The number of carbonyl (C=O) groups is 2. The van der Waals surface area contributed by atoms with Crippen molar-refractivity contribution in [2.24, 2.45) is 0 Å². The van der Waals surface area contributed by atoms with Crippen LogP contribution in [0, 0.1) is 0 Å². The van der Waals surface area contributed by atoms with E-state index >= 15 is 0 Å². The molecular formula is C19H24N6O3. The smallest absolute Gasteiger partial charge is 0.405 e. The van der Waals surface area contributed by atoms with Gasteiger partial charge in [0.25, 0.3) is 0 Å². The van der Waals surface area contributed by atoms with E-state index in [9.17, 15) is 9.59 Å². The Bertz CT molecular complexity index is 821. The molecule has 2 heterocycles. The maximum atomic E-state index is 12.0. The van der Waals surface area contributed by atoms with E-state index < -0.39 is 6.09 Å². The van der Waals surface area contributed by atoms with Crippen molar-refractivity contribution in [1.82, 2.24) is 25.5 Å². The first-order chi connectivity index (χ1) is 13.5. The number of benzene rings is 1. The maximum absolute atomic E-state index is 12.0. The number of rotatable bonds is 6. The zero-order valence-electron chi connectivity index (χ0n) is 15.8. The number of nitrogens with one attached hydrogen (secondary N) is 2. The second kappa shape index (κ2) is 9.14. The van der Waals surface area contributed by atoms with Gasteiger partial charge < -0.3 is 25.5 Å². The van der Waals surface area contributed by atoms with Crippen molar-refractivity contribution in [3.05, 3.63) is 42.2 Å². The van der Waals surface area contributed by atoms with Gasteiger partial charge in [-0.1, -0.05) is 18.2 Å². The molecule has 0 radical (unpaired) electrons. The largest absolute Gasteiger partial charge is 0.465 e. The van der Waals surface area contributed by atoms with Gasteiger partial charge in [-0.15, -0.1) is 0 Å². The van der Waals surface area contributed by atoms with Crippen LogP contribution >= 0.6 is 0 Å². The zero-order valence-corrected chi connectivity index (χ0v) is 15.8. The minimum absolute atomic E-state index is 0.243. The molecule has 1 aliphatic heterocycles. The van der Waals surface area contributed by atoms with Gasteiger partial charge in [0.1, 0.15) is 6.54 Å². The van der Waals surface area contributed by atoms with Crippen molar-refractivity contribution in [2.75, 3.05) is 44.7 Å². The molecule has 28 heavy (non-hydrogen) atoms. The predicted octanol–water partition coefficient (Wildman–Crippen LogP) is 0.779. The molecule has 0 aliphatic carbocycles. The Labute approximate surface area is 163 Å². The molecule has 2 amide bonds. The highest BCUT2D eigenvalue weighted by Crippen LogP contribution is 2.21. The van der Waals surface area contributed by atoms with Crippen LogP contribution in [-0.4, -0.2) is 71.7 Å². The molecule has 9 heteroatoms. The molecule has 1 aliphatic rings. The van der Waals surface area contributed by atoms with Crippen LogP contribution in [0.3, 0.4) is 0 Å². The van der Waals surface area contributed by atoms with Gasteiger partial charge >= 0.3 is 6.09 Å². The quantitative estimate of drug-likeness (QED) is 0.675. The average Bonchev–Trinajstić information content (AvgIpc) is 2.73. The first kappa shape index (κ1) is 19.6. The monoisotopic (exact) mass is 384 g/mol. The maximum Gasteiger partial charge on any atom is 0.405 e. The summed E-state index contributed by atoms with van der Waals surface area (Å²) in [6, 6.07) is 7.80. The van der Waals surface area contributed by atoms with Gasteiger partial charge in [-0.05, 0) is 17.2 Å². The molecule has 1 saturated heterocycles. The van der Waals surface area contributed by atoms with Gasteiger partial charge in [0.15, 0.2) is 0 Å². The third-order valence-corrected chi connectivity index (χ3v) is 4.53. The minimum atomic E-state index is -1.21. The first-order valence-corrected chi connectivity index (χ1v) is 9.11. The Morgan fingerprint density at radius 1 is 1.21 bits per heavy atom. The summed E-state index contributed by atoms with van der Waals surface area (Å²) >= 11 is 0. The number of nitrogens with zero attached hydrogens (tertiary/aromatic N) is 4. The Balaban J connectivity index is 1.65. The van der Waals surface area contributed by atoms with E-state index in [2.05, 4.69) is 25.5 Å². The second-order valence-electron chi connectivity index (χ2n) is 6.62. The summed E-state index contributed by atoms with van der Waals surface area (Å²) in [7, 11) is 1.64. The molecule has 3 N–H and O–H groups in total. The highest BCUT2D eigenvalue weighted by atomic mass is 16.4. The normalized spacial score (nSPS) is 13.8. The minimum Gasteiger partial charge on any atom is -0.465 e. The topological polar surface area (TPSA) is 111 Å². The molecule has 1 fully saturated rings.